The van der Waals surface area contributed by atoms with Crippen LogP contribution in [0.4, 0.5) is 0 Å². The van der Waals surface area contributed by atoms with E-state index in [2.05, 4.69) is 0 Å². The van der Waals surface area contributed by atoms with Gasteiger partial charge in [0, 0.05) is 17.9 Å². The average Bonchev–Trinajstić information content (AvgIpc) is 2.95. The Balaban J connectivity index is 1.54. The number of aryl methyl sites for hydroxylation is 1. The number of nitrogens with zero attached hydrogens (tertiary/aromatic N) is 1. The second-order valence-corrected chi connectivity index (χ2v) is 11.8. The van der Waals surface area contributed by atoms with E-state index in [1.54, 1.807) is 27.1 Å². The van der Waals surface area contributed by atoms with Crippen molar-refractivity contribution in [3.05, 3.63) is 70.0 Å². The van der Waals surface area contributed by atoms with Crippen LogP contribution in [0.15, 0.2) is 53.3 Å². The number of aromatic hydroxyl groups is 1. The van der Waals surface area contributed by atoms with Gasteiger partial charge < -0.3 is 30.9 Å². The van der Waals surface area contributed by atoms with Crippen LogP contribution in [0.2, 0.25) is 0 Å². The lowest BCUT2D eigenvalue weighted by Gasteiger charge is -2.50. The first-order valence-corrected chi connectivity index (χ1v) is 14.6. The smallest absolute Gasteiger partial charge is 0.305 e. The first kappa shape index (κ1) is 31.0. The van der Waals surface area contributed by atoms with Crippen molar-refractivity contribution in [2.24, 2.45) is 17.6 Å². The highest BCUT2D eigenvalue weighted by Gasteiger charge is 2.64. The first-order chi connectivity index (χ1) is 20.8. The van der Waals surface area contributed by atoms with E-state index in [0.717, 1.165) is 16.7 Å². The number of amides is 1. The fourth-order valence-electron chi connectivity index (χ4n) is 7.04. The highest BCUT2D eigenvalue weighted by molar-refractivity contribution is 6.24. The van der Waals surface area contributed by atoms with Gasteiger partial charge in [-0.2, -0.15) is 0 Å². The normalized spacial score (nSPS) is 24.6. The highest BCUT2D eigenvalue weighted by atomic mass is 16.5. The lowest BCUT2D eigenvalue weighted by Crippen LogP contribution is -2.65. The number of aliphatic hydroxyl groups is 3. The summed E-state index contributed by atoms with van der Waals surface area (Å²) in [4.78, 5) is 52.6. The summed E-state index contributed by atoms with van der Waals surface area (Å²) in [6.45, 7) is 2.11. The van der Waals surface area contributed by atoms with Gasteiger partial charge in [-0.1, -0.05) is 30.3 Å². The molecule has 2 aromatic rings. The summed E-state index contributed by atoms with van der Waals surface area (Å²) < 4.78 is 4.98. The number of Topliss-reactive ketones (excluding diaryl/α,β-unsaturated/α-hetero) is 2. The molecule has 0 radical (unpaired) electrons. The maximum atomic E-state index is 14.0. The third-order valence-corrected chi connectivity index (χ3v) is 9.02. The molecule has 3 aliphatic carbocycles. The van der Waals surface area contributed by atoms with Gasteiger partial charge in [0.1, 0.15) is 22.8 Å². The maximum Gasteiger partial charge on any atom is 0.305 e. The molecule has 11 nitrogen and oxygen atoms in total. The quantitative estimate of drug-likeness (QED) is 0.221. The monoisotopic (exact) mass is 604 g/mol. The number of carbonyl (C=O) groups is 4. The Bertz CT molecular complexity index is 1620. The molecular weight excluding hydrogens is 568 g/mol. The molecule has 44 heavy (non-hydrogen) atoms. The summed E-state index contributed by atoms with van der Waals surface area (Å²) in [5.74, 6) is -7.08. The number of likely N-dealkylation sites (N-methyl/N-ethyl adjacent to an activating group) is 1. The second kappa shape index (κ2) is 11.5. The number of ether oxygens (including phenoxy) is 1. The minimum atomic E-state index is -2.68. The van der Waals surface area contributed by atoms with Gasteiger partial charge in [-0.05, 0) is 80.9 Å². The summed E-state index contributed by atoms with van der Waals surface area (Å²) in [6, 6.07) is 9.68. The number of hydrogen-bond donors (Lipinski definition) is 5. The van der Waals surface area contributed by atoms with Gasteiger partial charge in [-0.25, -0.2) is 0 Å². The number of aliphatic hydroxyl groups excluding tert-OH is 2. The number of primary amides is 1. The molecule has 0 heterocycles. The number of rotatable bonds is 8. The number of phenols is 1. The molecule has 5 rings (SSSR count). The van der Waals surface area contributed by atoms with Crippen LogP contribution in [-0.2, 0) is 36.8 Å². The maximum absolute atomic E-state index is 14.0. The molecule has 1 amide bonds. The van der Waals surface area contributed by atoms with E-state index in [9.17, 15) is 39.6 Å². The third-order valence-electron chi connectivity index (χ3n) is 9.02. The molecule has 0 aromatic heterocycles. The van der Waals surface area contributed by atoms with Gasteiger partial charge in [-0.3, -0.25) is 24.1 Å². The van der Waals surface area contributed by atoms with Crippen molar-refractivity contribution in [2.45, 2.75) is 50.7 Å². The van der Waals surface area contributed by atoms with Crippen LogP contribution in [0.3, 0.4) is 0 Å². The van der Waals surface area contributed by atoms with Crippen LogP contribution in [0.5, 0.6) is 5.75 Å². The van der Waals surface area contributed by atoms with E-state index in [-0.39, 0.29) is 35.7 Å². The van der Waals surface area contributed by atoms with Crippen LogP contribution in [0.1, 0.15) is 42.9 Å². The van der Waals surface area contributed by atoms with E-state index >= 15 is 0 Å². The number of ketones is 2. The molecule has 232 valence electrons. The number of benzene rings is 2. The fraction of sp³-hybridized carbons (Fsp3) is 0.394. The average molecular weight is 605 g/mol. The Morgan fingerprint density at radius 1 is 1.07 bits per heavy atom. The van der Waals surface area contributed by atoms with Gasteiger partial charge in [0.05, 0.1) is 18.2 Å². The van der Waals surface area contributed by atoms with Gasteiger partial charge in [0.25, 0.3) is 5.91 Å². The molecule has 1 fully saturated rings. The molecule has 4 atom stereocenters. The lowest BCUT2D eigenvalue weighted by molar-refractivity contribution is -0.153. The molecule has 1 saturated carbocycles. The van der Waals surface area contributed by atoms with Crippen molar-refractivity contribution < 1.29 is 44.3 Å². The molecule has 0 aliphatic heterocycles. The van der Waals surface area contributed by atoms with E-state index in [1.165, 1.54) is 11.0 Å². The first-order valence-electron chi connectivity index (χ1n) is 14.6. The van der Waals surface area contributed by atoms with Gasteiger partial charge >= 0.3 is 5.97 Å². The molecule has 3 aliphatic rings. The highest BCUT2D eigenvalue weighted by Crippen LogP contribution is 2.53. The Morgan fingerprint density at radius 2 is 1.75 bits per heavy atom. The van der Waals surface area contributed by atoms with Crippen molar-refractivity contribution in [3.8, 4) is 16.9 Å². The zero-order chi connectivity index (χ0) is 32.1. The predicted molar refractivity (Wildman–Crippen MR) is 159 cm³/mol. The van der Waals surface area contributed by atoms with E-state index in [0.29, 0.717) is 31.4 Å². The minimum absolute atomic E-state index is 0.0141. The third kappa shape index (κ3) is 4.86. The van der Waals surface area contributed by atoms with Crippen LogP contribution in [-0.4, -0.2) is 81.1 Å². The minimum Gasteiger partial charge on any atom is -0.508 e. The van der Waals surface area contributed by atoms with Crippen molar-refractivity contribution in [1.29, 1.82) is 0 Å². The summed E-state index contributed by atoms with van der Waals surface area (Å²) in [5, 5.41) is 45.0. The van der Waals surface area contributed by atoms with Crippen molar-refractivity contribution >= 4 is 29.2 Å². The summed E-state index contributed by atoms with van der Waals surface area (Å²) in [6.07, 6.45) is 1.85. The number of esters is 1. The van der Waals surface area contributed by atoms with Crippen molar-refractivity contribution in [1.82, 2.24) is 4.90 Å². The van der Waals surface area contributed by atoms with Crippen molar-refractivity contribution in [2.75, 3.05) is 20.7 Å². The fourth-order valence-corrected chi connectivity index (χ4v) is 7.04. The number of hydrogen-bond acceptors (Lipinski definition) is 10. The largest absolute Gasteiger partial charge is 0.508 e. The number of fused-ring (bicyclic) bond motifs is 3. The van der Waals surface area contributed by atoms with Gasteiger partial charge in [-0.15, -0.1) is 0 Å². The van der Waals surface area contributed by atoms with Crippen LogP contribution >= 0.6 is 0 Å². The van der Waals surface area contributed by atoms with Gasteiger partial charge in [0.15, 0.2) is 11.4 Å². The van der Waals surface area contributed by atoms with E-state index in [1.807, 2.05) is 24.3 Å². The SMILES string of the molecule is CCOC(=O)CCCc1ccc(-c2ccc(O)c3c2C[C@@H]2C[C@@H]4[C@@H](N(C)C)C(=O)C(C(N)=O)=C(O)[C@]4(O)C(=O)C2=C3O)cc1. The van der Waals surface area contributed by atoms with Crippen molar-refractivity contribution in [3.63, 3.8) is 0 Å². The summed E-state index contributed by atoms with van der Waals surface area (Å²) in [7, 11) is 3.12. The van der Waals surface area contributed by atoms with Crippen LogP contribution < -0.4 is 5.73 Å². The molecule has 0 unspecified atom stereocenters. The topological polar surface area (TPSA) is 188 Å². The molecule has 11 heteroatoms. The van der Waals surface area contributed by atoms with E-state index < -0.39 is 58.0 Å². The molecular formula is C33H36N2O9. The Hall–Kier alpha value is -4.48. The Labute approximate surface area is 254 Å². The number of carbonyl (C=O) groups excluding carboxylic acids is 4. The zero-order valence-electron chi connectivity index (χ0n) is 24.8. The number of nitrogens with two attached hydrogens (primary N) is 1. The Morgan fingerprint density at radius 3 is 2.36 bits per heavy atom. The number of phenolic OH excluding ortho intramolecular Hbond substituents is 1. The molecule has 6 N–H and O–H groups in total. The summed E-state index contributed by atoms with van der Waals surface area (Å²) in [5.41, 5.74) is 4.83. The molecule has 0 saturated heterocycles. The molecule has 0 spiro atoms. The lowest BCUT2D eigenvalue weighted by atomic mass is 9.57. The molecule has 0 bridgehead atoms. The Kier molecular flexibility index (Phi) is 8.13. The standard InChI is InChI=1S/C33H36N2O9/c1-4-44-23(37)7-5-6-16-8-10-17(11-9-16)19-12-13-22(36)25-20(19)14-18-15-21-27(35(2)3)29(39)26(32(34)42)31(41)33(21,43)30(40)24(18)28(25)38/h8-13,18,21,27,36,38,41,43H,4-7,14-15H2,1-3H3,(H2,34,42)/t18-,21-,27-,33-/m1/s1. The zero-order valence-corrected chi connectivity index (χ0v) is 24.8. The molecule has 2 aromatic carbocycles. The van der Waals surface area contributed by atoms with Crippen LogP contribution in [0, 0.1) is 11.8 Å². The second-order valence-electron chi connectivity index (χ2n) is 11.8. The van der Waals surface area contributed by atoms with E-state index in [4.69, 9.17) is 10.5 Å². The van der Waals surface area contributed by atoms with Crippen LogP contribution in [0.25, 0.3) is 16.9 Å². The summed E-state index contributed by atoms with van der Waals surface area (Å²) >= 11 is 0. The predicted octanol–water partition coefficient (Wildman–Crippen LogP) is 2.52. The van der Waals surface area contributed by atoms with Gasteiger partial charge in [0.2, 0.25) is 5.78 Å².